The molecule has 0 fully saturated rings. The molecule has 0 amide bonds. The summed E-state index contributed by atoms with van der Waals surface area (Å²) in [6, 6.07) is 13.9. The quantitative estimate of drug-likeness (QED) is 0.652. The van der Waals surface area contributed by atoms with E-state index < -0.39 is 11.9 Å². The molecule has 3 rings (SSSR count). The van der Waals surface area contributed by atoms with E-state index >= 15 is 0 Å². The third-order valence-corrected chi connectivity index (χ3v) is 5.15. The van der Waals surface area contributed by atoms with Crippen LogP contribution in [0.25, 0.3) is 0 Å². The molecule has 31 heavy (non-hydrogen) atoms. The number of benzene rings is 2. The summed E-state index contributed by atoms with van der Waals surface area (Å²) in [7, 11) is 1.56. The predicted octanol–water partition coefficient (Wildman–Crippen LogP) is 4.02. The Balaban J connectivity index is 2.22. The Kier molecular flexibility index (Phi) is 6.97. The van der Waals surface area contributed by atoms with Crippen LogP contribution in [0.1, 0.15) is 31.7 Å². The average molecular weight is 442 g/mol. The van der Waals surface area contributed by atoms with Crippen LogP contribution in [0.2, 0.25) is 5.02 Å². The molecular weight excluding hydrogens is 418 g/mol. The molecule has 8 heteroatoms. The lowest BCUT2D eigenvalue weighted by atomic mass is 9.83. The molecule has 0 saturated heterocycles. The van der Waals surface area contributed by atoms with Gasteiger partial charge in [-0.25, -0.2) is 9.80 Å². The first-order valence-corrected chi connectivity index (χ1v) is 10.3. The minimum absolute atomic E-state index is 0.0919. The van der Waals surface area contributed by atoms with Crippen molar-refractivity contribution in [2.45, 2.75) is 26.2 Å². The van der Waals surface area contributed by atoms with Crippen molar-refractivity contribution in [3.05, 3.63) is 70.5 Å². The van der Waals surface area contributed by atoms with Crippen molar-refractivity contribution in [3.63, 3.8) is 0 Å². The smallest absolute Gasteiger partial charge is 0.338 e. The summed E-state index contributed by atoms with van der Waals surface area (Å²) in [6.07, 6.45) is 0.218. The summed E-state index contributed by atoms with van der Waals surface area (Å²) in [5.41, 5.74) is 8.06. The average Bonchev–Trinajstić information content (AvgIpc) is 2.79. The highest BCUT2D eigenvalue weighted by molar-refractivity contribution is 6.43. The number of anilines is 1. The predicted molar refractivity (Wildman–Crippen MR) is 120 cm³/mol. The third-order valence-electron chi connectivity index (χ3n) is 4.90. The molecule has 0 radical (unpaired) electrons. The van der Waals surface area contributed by atoms with Gasteiger partial charge in [-0.3, -0.25) is 4.79 Å². The van der Waals surface area contributed by atoms with Crippen molar-refractivity contribution in [1.82, 2.24) is 0 Å². The van der Waals surface area contributed by atoms with Crippen LogP contribution in [0.4, 0.5) is 5.69 Å². The number of Topliss-reactive ketones (excluding diaryl/α,β-unsaturated/α-hetero) is 1. The molecular formula is C23H24ClN3O4. The number of halogens is 1. The first kappa shape index (κ1) is 22.4. The van der Waals surface area contributed by atoms with Crippen LogP contribution in [0.3, 0.4) is 0 Å². The van der Waals surface area contributed by atoms with Crippen molar-refractivity contribution in [3.8, 4) is 5.75 Å². The van der Waals surface area contributed by atoms with E-state index in [1.54, 1.807) is 69.5 Å². The molecule has 2 N–H and O–H groups in total. The van der Waals surface area contributed by atoms with E-state index in [1.807, 2.05) is 0 Å². The molecule has 1 atom stereocenters. The van der Waals surface area contributed by atoms with Gasteiger partial charge >= 0.3 is 5.97 Å². The van der Waals surface area contributed by atoms with E-state index in [4.69, 9.17) is 26.8 Å². The van der Waals surface area contributed by atoms with Gasteiger partial charge in [0.25, 0.3) is 0 Å². The Morgan fingerprint density at radius 3 is 2.29 bits per heavy atom. The number of nitrogens with two attached hydrogens (primary N) is 1. The number of ether oxygens (including phenoxy) is 2. The van der Waals surface area contributed by atoms with E-state index in [1.165, 1.54) is 5.01 Å². The van der Waals surface area contributed by atoms with Gasteiger partial charge in [0.05, 0.1) is 30.9 Å². The molecule has 0 aromatic heterocycles. The molecule has 1 aliphatic rings. The molecule has 7 nitrogen and oxygen atoms in total. The molecule has 2 aromatic carbocycles. The number of carbonyl (C=O) groups excluding carboxylic acids is 2. The summed E-state index contributed by atoms with van der Waals surface area (Å²) in [5, 5.41) is 6.48. The molecule has 1 heterocycles. The molecule has 0 aliphatic carbocycles. The fraction of sp³-hybridized carbons (Fsp3) is 0.261. The lowest BCUT2D eigenvalue weighted by Gasteiger charge is -2.32. The Morgan fingerprint density at radius 1 is 1.10 bits per heavy atom. The Bertz CT molecular complexity index is 1030. The van der Waals surface area contributed by atoms with Gasteiger partial charge in [0, 0.05) is 11.4 Å². The molecule has 162 valence electrons. The molecule has 0 saturated carbocycles. The second kappa shape index (κ2) is 9.66. The zero-order valence-electron chi connectivity index (χ0n) is 17.6. The number of hydrogen-bond acceptors (Lipinski definition) is 7. The van der Waals surface area contributed by atoms with E-state index in [9.17, 15) is 9.59 Å². The van der Waals surface area contributed by atoms with Crippen molar-refractivity contribution < 1.29 is 19.1 Å². The van der Waals surface area contributed by atoms with E-state index in [0.29, 0.717) is 22.0 Å². The van der Waals surface area contributed by atoms with Crippen molar-refractivity contribution in [2.75, 3.05) is 18.7 Å². The van der Waals surface area contributed by atoms with E-state index in [-0.39, 0.29) is 35.9 Å². The highest BCUT2D eigenvalue weighted by atomic mass is 35.5. The summed E-state index contributed by atoms with van der Waals surface area (Å²) in [4.78, 5) is 25.9. The first-order chi connectivity index (χ1) is 14.9. The van der Waals surface area contributed by atoms with Crippen LogP contribution in [-0.2, 0) is 14.3 Å². The largest absolute Gasteiger partial charge is 0.497 e. The number of hydrogen-bond donors (Lipinski definition) is 1. The van der Waals surface area contributed by atoms with Crippen LogP contribution in [0.5, 0.6) is 5.75 Å². The number of ketones is 1. The normalized spacial score (nSPS) is 16.1. The zero-order valence-corrected chi connectivity index (χ0v) is 18.3. The molecule has 0 spiro atoms. The first-order valence-electron chi connectivity index (χ1n) is 9.89. The monoisotopic (exact) mass is 441 g/mol. The van der Waals surface area contributed by atoms with Gasteiger partial charge in [0.2, 0.25) is 0 Å². The fourth-order valence-corrected chi connectivity index (χ4v) is 3.47. The van der Waals surface area contributed by atoms with E-state index in [0.717, 1.165) is 0 Å². The standard InChI is InChI=1S/C23H24ClN3O4/c1-4-18(28)21-19(14-6-12-17(30-3)13-7-14)20(23(29)31-5-2)22(25)27(26-21)16-10-8-15(24)9-11-16/h6-13,19H,4-5,25H2,1-3H3. The van der Waals surface area contributed by atoms with Gasteiger partial charge < -0.3 is 15.2 Å². The third kappa shape index (κ3) is 4.56. The van der Waals surface area contributed by atoms with Crippen molar-refractivity contribution >= 4 is 34.8 Å². The van der Waals surface area contributed by atoms with Gasteiger partial charge in [-0.2, -0.15) is 5.10 Å². The van der Waals surface area contributed by atoms with Crippen LogP contribution in [0.15, 0.2) is 65.0 Å². The summed E-state index contributed by atoms with van der Waals surface area (Å²) in [5.74, 6) is -0.822. The molecule has 1 unspecified atom stereocenters. The minimum atomic E-state index is -0.763. The van der Waals surface area contributed by atoms with Gasteiger partial charge in [0.15, 0.2) is 5.78 Å². The number of hydrazone groups is 1. The minimum Gasteiger partial charge on any atom is -0.497 e. The van der Waals surface area contributed by atoms with Crippen LogP contribution < -0.4 is 15.5 Å². The Morgan fingerprint density at radius 2 is 1.74 bits per heavy atom. The second-order valence-electron chi connectivity index (χ2n) is 6.78. The fourth-order valence-electron chi connectivity index (χ4n) is 3.35. The maximum atomic E-state index is 13.0. The summed E-state index contributed by atoms with van der Waals surface area (Å²) in [6.45, 7) is 3.62. The number of esters is 1. The lowest BCUT2D eigenvalue weighted by molar-refractivity contribution is -0.138. The van der Waals surface area contributed by atoms with Crippen LogP contribution in [-0.4, -0.2) is 31.2 Å². The summed E-state index contributed by atoms with van der Waals surface area (Å²) < 4.78 is 10.5. The lowest BCUT2D eigenvalue weighted by Crippen LogP contribution is -2.40. The molecule has 2 aromatic rings. The van der Waals surface area contributed by atoms with Gasteiger partial charge in [0.1, 0.15) is 17.3 Å². The zero-order chi connectivity index (χ0) is 22.5. The van der Waals surface area contributed by atoms with Crippen molar-refractivity contribution in [2.24, 2.45) is 10.8 Å². The van der Waals surface area contributed by atoms with Gasteiger partial charge in [-0.1, -0.05) is 30.7 Å². The van der Waals surface area contributed by atoms with Crippen LogP contribution in [0, 0.1) is 0 Å². The maximum Gasteiger partial charge on any atom is 0.338 e. The number of nitrogens with zero attached hydrogens (tertiary/aromatic N) is 2. The van der Waals surface area contributed by atoms with Gasteiger partial charge in [-0.05, 0) is 48.9 Å². The number of carbonyl (C=O) groups is 2. The van der Waals surface area contributed by atoms with E-state index in [2.05, 4.69) is 5.10 Å². The SMILES string of the molecule is CCOC(=O)C1=C(N)N(c2ccc(Cl)cc2)N=C(C(=O)CC)C1c1ccc(OC)cc1. The maximum absolute atomic E-state index is 13.0. The Hall–Kier alpha value is -3.32. The number of methoxy groups -OCH3 is 1. The highest BCUT2D eigenvalue weighted by Gasteiger charge is 2.39. The highest BCUT2D eigenvalue weighted by Crippen LogP contribution is 2.37. The molecule has 1 aliphatic heterocycles. The molecule has 0 bridgehead atoms. The number of rotatable bonds is 7. The second-order valence-corrected chi connectivity index (χ2v) is 7.21. The van der Waals surface area contributed by atoms with Gasteiger partial charge in [-0.15, -0.1) is 0 Å². The van der Waals surface area contributed by atoms with Crippen LogP contribution >= 0.6 is 11.6 Å². The van der Waals surface area contributed by atoms with Crippen molar-refractivity contribution in [1.29, 1.82) is 0 Å². The topological polar surface area (TPSA) is 94.2 Å². The Labute approximate surface area is 186 Å². The summed E-state index contributed by atoms with van der Waals surface area (Å²) >= 11 is 6.00.